The van der Waals surface area contributed by atoms with Crippen molar-refractivity contribution in [2.75, 3.05) is 0 Å². The van der Waals surface area contributed by atoms with E-state index >= 15 is 0 Å². The van der Waals surface area contributed by atoms with Crippen LogP contribution in [0.2, 0.25) is 5.02 Å². The van der Waals surface area contributed by atoms with Gasteiger partial charge in [-0.2, -0.15) is 0 Å². The summed E-state index contributed by atoms with van der Waals surface area (Å²) < 4.78 is 3.30. The van der Waals surface area contributed by atoms with Gasteiger partial charge >= 0.3 is 5.69 Å². The van der Waals surface area contributed by atoms with Gasteiger partial charge in [0.05, 0.1) is 21.6 Å². The van der Waals surface area contributed by atoms with E-state index in [1.165, 1.54) is 0 Å². The lowest BCUT2D eigenvalue weighted by Gasteiger charge is -2.09. The van der Waals surface area contributed by atoms with Crippen molar-refractivity contribution < 1.29 is 9.59 Å². The lowest BCUT2D eigenvalue weighted by atomic mass is 10.2. The topological polar surface area (TPSA) is 85.1 Å². The number of halogens is 1. The second-order valence-electron chi connectivity index (χ2n) is 6.31. The normalized spacial score (nSPS) is 10.8. The van der Waals surface area contributed by atoms with E-state index in [1.54, 1.807) is 33.4 Å². The number of nitrogens with zero attached hydrogens (tertiary/aromatic N) is 2. The summed E-state index contributed by atoms with van der Waals surface area (Å²) in [6.45, 7) is 2.84. The van der Waals surface area contributed by atoms with Crippen molar-refractivity contribution >= 4 is 34.4 Å². The molecule has 0 spiro atoms. The number of carbonyl (C=O) groups excluding carboxylic acids is 2. The van der Waals surface area contributed by atoms with Crippen LogP contribution in [-0.2, 0) is 17.9 Å². The molecule has 28 heavy (non-hydrogen) atoms. The summed E-state index contributed by atoms with van der Waals surface area (Å²) in [5.41, 5.74) is 6.46. The van der Waals surface area contributed by atoms with Crippen LogP contribution in [0.1, 0.15) is 30.1 Å². The van der Waals surface area contributed by atoms with Crippen molar-refractivity contribution in [2.45, 2.75) is 32.9 Å². The molecule has 0 saturated heterocycles. The number of hydrazine groups is 1. The van der Waals surface area contributed by atoms with E-state index in [1.807, 2.05) is 31.2 Å². The van der Waals surface area contributed by atoms with Crippen molar-refractivity contribution in [1.82, 2.24) is 20.0 Å². The van der Waals surface area contributed by atoms with Gasteiger partial charge in [-0.3, -0.25) is 29.6 Å². The summed E-state index contributed by atoms with van der Waals surface area (Å²) in [7, 11) is 0. The lowest BCUT2D eigenvalue weighted by molar-refractivity contribution is -0.122. The van der Waals surface area contributed by atoms with Crippen LogP contribution in [0.5, 0.6) is 0 Å². The summed E-state index contributed by atoms with van der Waals surface area (Å²) in [4.78, 5) is 36.9. The van der Waals surface area contributed by atoms with Gasteiger partial charge in [0.15, 0.2) is 0 Å². The standard InChI is InChI=1S/C20H21ClN4O3/c1-2-12-24-16-9-5-6-10-17(16)25(20(24)28)13-11-18(26)22-23-19(27)14-7-3-4-8-15(14)21/h3-10H,2,11-13H2,1H3,(H,22,26)(H,23,27). The van der Waals surface area contributed by atoms with Gasteiger partial charge < -0.3 is 0 Å². The Labute approximate surface area is 166 Å². The second kappa shape index (κ2) is 8.75. The summed E-state index contributed by atoms with van der Waals surface area (Å²) in [6, 6.07) is 14.1. The molecule has 0 radical (unpaired) electrons. The van der Waals surface area contributed by atoms with E-state index in [9.17, 15) is 14.4 Å². The van der Waals surface area contributed by atoms with E-state index in [-0.39, 0.29) is 24.2 Å². The van der Waals surface area contributed by atoms with E-state index in [2.05, 4.69) is 10.9 Å². The minimum atomic E-state index is -0.504. The number of imidazole rings is 1. The van der Waals surface area contributed by atoms with Gasteiger partial charge in [0.2, 0.25) is 5.91 Å². The Kier molecular flexibility index (Phi) is 6.16. The average Bonchev–Trinajstić information content (AvgIpc) is 2.96. The molecule has 0 fully saturated rings. The Morgan fingerprint density at radius 3 is 2.18 bits per heavy atom. The first-order valence-electron chi connectivity index (χ1n) is 9.04. The molecule has 1 heterocycles. The Morgan fingerprint density at radius 1 is 0.929 bits per heavy atom. The van der Waals surface area contributed by atoms with Crippen LogP contribution in [0, 0.1) is 0 Å². The number of carbonyl (C=O) groups is 2. The summed E-state index contributed by atoms with van der Waals surface area (Å²) in [6.07, 6.45) is 0.880. The lowest BCUT2D eigenvalue weighted by Crippen LogP contribution is -2.42. The van der Waals surface area contributed by atoms with Crippen LogP contribution < -0.4 is 16.5 Å². The Hall–Kier alpha value is -3.06. The van der Waals surface area contributed by atoms with Crippen molar-refractivity contribution in [1.29, 1.82) is 0 Å². The molecular formula is C20H21ClN4O3. The molecule has 2 aromatic carbocycles. The van der Waals surface area contributed by atoms with Crippen LogP contribution in [0.15, 0.2) is 53.3 Å². The maximum Gasteiger partial charge on any atom is 0.329 e. The average molecular weight is 401 g/mol. The van der Waals surface area contributed by atoms with Crippen LogP contribution in [0.3, 0.4) is 0 Å². The van der Waals surface area contributed by atoms with Gasteiger partial charge in [0.1, 0.15) is 0 Å². The Bertz CT molecular complexity index is 1070. The smallest absolute Gasteiger partial charge is 0.292 e. The number of aryl methyl sites for hydroxylation is 2. The number of hydrogen-bond acceptors (Lipinski definition) is 3. The number of amides is 2. The van der Waals surface area contributed by atoms with Gasteiger partial charge in [0, 0.05) is 19.5 Å². The monoisotopic (exact) mass is 400 g/mol. The van der Waals surface area contributed by atoms with E-state index in [4.69, 9.17) is 11.6 Å². The molecule has 0 bridgehead atoms. The van der Waals surface area contributed by atoms with Crippen molar-refractivity contribution in [3.8, 4) is 0 Å². The number of para-hydroxylation sites is 2. The minimum absolute atomic E-state index is 0.0445. The summed E-state index contributed by atoms with van der Waals surface area (Å²) >= 11 is 5.96. The molecule has 2 N–H and O–H groups in total. The molecule has 7 nitrogen and oxygen atoms in total. The molecule has 0 aliphatic heterocycles. The molecule has 8 heteroatoms. The number of aromatic nitrogens is 2. The molecule has 146 valence electrons. The maximum atomic E-state index is 12.7. The highest BCUT2D eigenvalue weighted by Crippen LogP contribution is 2.15. The third-order valence-corrected chi connectivity index (χ3v) is 4.70. The molecule has 0 unspecified atom stereocenters. The first kappa shape index (κ1) is 19.7. The zero-order chi connectivity index (χ0) is 20.1. The van der Waals surface area contributed by atoms with Gasteiger partial charge in [-0.05, 0) is 30.7 Å². The molecule has 3 rings (SSSR count). The van der Waals surface area contributed by atoms with Gasteiger partial charge in [-0.15, -0.1) is 0 Å². The number of hydrogen-bond donors (Lipinski definition) is 2. The van der Waals surface area contributed by atoms with Gasteiger partial charge in [-0.1, -0.05) is 42.8 Å². The fourth-order valence-corrected chi connectivity index (χ4v) is 3.26. The molecule has 1 aromatic heterocycles. The van der Waals surface area contributed by atoms with Crippen LogP contribution in [0.25, 0.3) is 11.0 Å². The summed E-state index contributed by atoms with van der Waals surface area (Å²) in [5, 5.41) is 0.296. The molecule has 0 atom stereocenters. The zero-order valence-electron chi connectivity index (χ0n) is 15.4. The number of fused-ring (bicyclic) bond motifs is 1. The number of rotatable bonds is 6. The summed E-state index contributed by atoms with van der Waals surface area (Å²) in [5.74, 6) is -0.907. The second-order valence-corrected chi connectivity index (χ2v) is 6.71. The van der Waals surface area contributed by atoms with E-state index in [0.29, 0.717) is 11.6 Å². The van der Waals surface area contributed by atoms with Gasteiger partial charge in [-0.25, -0.2) is 4.79 Å². The van der Waals surface area contributed by atoms with Crippen LogP contribution >= 0.6 is 11.6 Å². The maximum absolute atomic E-state index is 12.7. The highest BCUT2D eigenvalue weighted by molar-refractivity contribution is 6.33. The first-order chi connectivity index (χ1) is 13.5. The van der Waals surface area contributed by atoms with Crippen molar-refractivity contribution in [2.24, 2.45) is 0 Å². The van der Waals surface area contributed by atoms with E-state index < -0.39 is 11.8 Å². The third kappa shape index (κ3) is 4.09. The van der Waals surface area contributed by atoms with Crippen LogP contribution in [-0.4, -0.2) is 20.9 Å². The Morgan fingerprint density at radius 2 is 1.54 bits per heavy atom. The molecule has 0 aliphatic rings. The Balaban J connectivity index is 1.65. The van der Waals surface area contributed by atoms with Gasteiger partial charge in [0.25, 0.3) is 5.91 Å². The first-order valence-corrected chi connectivity index (χ1v) is 9.42. The quantitative estimate of drug-likeness (QED) is 0.624. The molecule has 0 aliphatic carbocycles. The minimum Gasteiger partial charge on any atom is -0.292 e. The third-order valence-electron chi connectivity index (χ3n) is 4.37. The number of benzene rings is 2. The number of nitrogens with one attached hydrogen (secondary N) is 2. The van der Waals surface area contributed by atoms with Crippen molar-refractivity contribution in [3.05, 3.63) is 69.6 Å². The fraction of sp³-hybridized carbons (Fsp3) is 0.250. The molecule has 2 amide bonds. The highest BCUT2D eigenvalue weighted by atomic mass is 35.5. The largest absolute Gasteiger partial charge is 0.329 e. The predicted molar refractivity (Wildman–Crippen MR) is 108 cm³/mol. The molecular weight excluding hydrogens is 380 g/mol. The van der Waals surface area contributed by atoms with Crippen LogP contribution in [0.4, 0.5) is 0 Å². The zero-order valence-corrected chi connectivity index (χ0v) is 16.2. The highest BCUT2D eigenvalue weighted by Gasteiger charge is 2.14. The van der Waals surface area contributed by atoms with E-state index in [0.717, 1.165) is 17.5 Å². The molecule has 0 saturated carbocycles. The SMILES string of the molecule is CCCn1c(=O)n(CCC(=O)NNC(=O)c2ccccc2Cl)c2ccccc21. The molecule has 3 aromatic rings. The fourth-order valence-electron chi connectivity index (χ4n) is 3.04. The predicted octanol–water partition coefficient (Wildman–Crippen LogP) is 2.72. The van der Waals surface area contributed by atoms with Crippen molar-refractivity contribution in [3.63, 3.8) is 0 Å².